The third-order valence-electron chi connectivity index (χ3n) is 9.14. The van der Waals surface area contributed by atoms with Gasteiger partial charge in [0, 0.05) is 50.4 Å². The predicted molar refractivity (Wildman–Crippen MR) is 173 cm³/mol. The van der Waals surface area contributed by atoms with E-state index in [-0.39, 0.29) is 12.3 Å². The fourth-order valence-corrected chi connectivity index (χ4v) is 6.44. The number of fused-ring (bicyclic) bond motifs is 1. The van der Waals surface area contributed by atoms with Crippen molar-refractivity contribution in [2.45, 2.75) is 57.5 Å². The minimum atomic E-state index is -0.541. The van der Waals surface area contributed by atoms with Gasteiger partial charge in [0.15, 0.2) is 0 Å². The molecule has 1 saturated heterocycles. The van der Waals surface area contributed by atoms with Crippen molar-refractivity contribution in [3.63, 3.8) is 0 Å². The number of amides is 1. The van der Waals surface area contributed by atoms with Crippen LogP contribution in [0.4, 0.5) is 5.69 Å². The third-order valence-corrected chi connectivity index (χ3v) is 9.14. The number of aromatic hydroxyl groups is 1. The van der Waals surface area contributed by atoms with Crippen molar-refractivity contribution in [2.75, 3.05) is 37.6 Å². The summed E-state index contributed by atoms with van der Waals surface area (Å²) in [5.41, 5.74) is 8.61. The van der Waals surface area contributed by atoms with E-state index in [4.69, 9.17) is 0 Å². The lowest BCUT2D eigenvalue weighted by Crippen LogP contribution is -2.53. The molecule has 1 atom stereocenters. The zero-order valence-corrected chi connectivity index (χ0v) is 24.7. The Morgan fingerprint density at radius 3 is 2.33 bits per heavy atom. The normalized spacial score (nSPS) is 16.2. The Morgan fingerprint density at radius 2 is 1.62 bits per heavy atom. The molecule has 1 fully saturated rings. The number of nitrogens with zero attached hydrogens (tertiary/aromatic N) is 3. The Labute approximate surface area is 242 Å². The number of aryl methyl sites for hydroxylation is 1. The topological polar surface area (TPSA) is 81.2 Å². The zero-order chi connectivity index (χ0) is 28.8. The van der Waals surface area contributed by atoms with E-state index in [1.165, 1.54) is 35.0 Å². The van der Waals surface area contributed by atoms with Crippen LogP contribution in [0.3, 0.4) is 0 Å². The molecule has 11 heteroatoms. The lowest BCUT2D eigenvalue weighted by molar-refractivity contribution is -0.112. The number of anilines is 1. The molecule has 0 bridgehead atoms. The van der Waals surface area contributed by atoms with Gasteiger partial charge in [-0.2, -0.15) is 0 Å². The van der Waals surface area contributed by atoms with Gasteiger partial charge in [-0.1, -0.05) is 41.4 Å². The highest BCUT2D eigenvalue weighted by molar-refractivity contribution is 6.62. The second-order valence-electron chi connectivity index (χ2n) is 11.5. The molecule has 2 heterocycles. The van der Waals surface area contributed by atoms with Crippen LogP contribution in [0, 0.1) is 0 Å². The first-order chi connectivity index (χ1) is 19.3. The average molecular weight is 539 g/mol. The Hall–Kier alpha value is -2.93. The number of carbonyl (C=O) groups is 3. The summed E-state index contributed by atoms with van der Waals surface area (Å²) in [6, 6.07) is 5.36. The minimum absolute atomic E-state index is 0.0976. The lowest BCUT2D eigenvalue weighted by Gasteiger charge is -2.38. The first kappa shape index (κ1) is 30.0. The molecular formula is C29H41B4N3O4. The van der Waals surface area contributed by atoms with Gasteiger partial charge in [0.2, 0.25) is 0 Å². The molecule has 1 unspecified atom stereocenters. The highest BCUT2D eigenvalue weighted by atomic mass is 16.3. The molecule has 40 heavy (non-hydrogen) atoms. The Bertz CT molecular complexity index is 1220. The van der Waals surface area contributed by atoms with Crippen LogP contribution in [0.1, 0.15) is 60.0 Å². The van der Waals surface area contributed by atoms with E-state index in [9.17, 15) is 19.5 Å². The number of hydrogen-bond donors (Lipinski definition) is 1. The lowest BCUT2D eigenvalue weighted by atomic mass is 9.67. The number of rotatable bonds is 13. The fraction of sp³-hybridized carbons (Fsp3) is 0.483. The second kappa shape index (κ2) is 13.6. The number of phenolic OH excluding ortho intramolecular Hbond substituents is 1. The van der Waals surface area contributed by atoms with Crippen molar-refractivity contribution in [2.24, 2.45) is 0 Å². The number of benzene rings is 2. The van der Waals surface area contributed by atoms with Crippen molar-refractivity contribution in [3.8, 4) is 5.75 Å². The van der Waals surface area contributed by atoms with Crippen LogP contribution in [0.15, 0.2) is 18.2 Å². The molecule has 2 aromatic carbocycles. The van der Waals surface area contributed by atoms with Crippen molar-refractivity contribution in [1.29, 1.82) is 0 Å². The molecule has 208 valence electrons. The highest BCUT2D eigenvalue weighted by Gasteiger charge is 2.33. The largest absolute Gasteiger partial charge is 0.509 e. The van der Waals surface area contributed by atoms with Crippen LogP contribution in [-0.4, -0.2) is 104 Å². The van der Waals surface area contributed by atoms with Gasteiger partial charge in [0.05, 0.1) is 6.04 Å². The quantitative estimate of drug-likeness (QED) is 0.165. The predicted octanol–water partition coefficient (Wildman–Crippen LogP) is -3.15. The van der Waals surface area contributed by atoms with Gasteiger partial charge in [-0.05, 0) is 54.9 Å². The molecule has 0 radical (unpaired) electrons. The summed E-state index contributed by atoms with van der Waals surface area (Å²) >= 11 is 0. The molecule has 0 saturated carbocycles. The molecule has 0 aromatic heterocycles. The fourth-order valence-electron chi connectivity index (χ4n) is 6.44. The molecule has 2 aliphatic heterocycles. The summed E-state index contributed by atoms with van der Waals surface area (Å²) in [4.78, 5) is 41.9. The Morgan fingerprint density at radius 1 is 0.900 bits per heavy atom. The van der Waals surface area contributed by atoms with Gasteiger partial charge in [-0.3, -0.25) is 9.69 Å². The van der Waals surface area contributed by atoms with Crippen molar-refractivity contribution >= 4 is 77.4 Å². The maximum atomic E-state index is 12.9. The summed E-state index contributed by atoms with van der Waals surface area (Å²) in [6.07, 6.45) is 7.78. The molecule has 0 spiro atoms. The second-order valence-corrected chi connectivity index (χ2v) is 11.5. The van der Waals surface area contributed by atoms with Gasteiger partial charge < -0.3 is 24.5 Å². The van der Waals surface area contributed by atoms with E-state index in [0.29, 0.717) is 24.3 Å². The molecule has 4 rings (SSSR count). The van der Waals surface area contributed by atoms with Gasteiger partial charge >= 0.3 is 0 Å². The standard InChI is InChI=1S/C29H41B4N3O4/c30-23-24(31)27(26(33)28(39)25(23)32)35-14-12-34(13-15-35)11-4-2-1-3-7-19-8-5-10-21-22(19)17-36(29(21)40)20(18-38)9-6-16-37/h5,8,10,16,18,20,39H,1-4,6-7,9,11-15,17,30-33H2. The van der Waals surface area contributed by atoms with E-state index in [2.05, 4.69) is 31.6 Å². The molecule has 2 aliphatic rings. The molecule has 0 aliphatic carbocycles. The summed E-state index contributed by atoms with van der Waals surface area (Å²) in [7, 11) is 8.30. The van der Waals surface area contributed by atoms with Crippen LogP contribution in [0.2, 0.25) is 0 Å². The zero-order valence-electron chi connectivity index (χ0n) is 24.7. The van der Waals surface area contributed by atoms with Gasteiger partial charge in [-0.15, -0.1) is 0 Å². The number of unbranched alkanes of at least 4 members (excludes halogenated alkanes) is 3. The number of piperazine rings is 1. The maximum absolute atomic E-state index is 12.9. The Balaban J connectivity index is 1.20. The van der Waals surface area contributed by atoms with E-state index >= 15 is 0 Å². The van der Waals surface area contributed by atoms with Gasteiger partial charge in [0.25, 0.3) is 5.91 Å². The van der Waals surface area contributed by atoms with E-state index in [1.54, 1.807) is 4.90 Å². The highest BCUT2D eigenvalue weighted by Crippen LogP contribution is 2.29. The average Bonchev–Trinajstić information content (AvgIpc) is 3.30. The SMILES string of the molecule is Bc1c(B)c(O)c(B)c(N2CCN(CCCCCCc3cccc4c3CN(C(C=O)CCC=O)C4=O)CC2)c1B. The van der Waals surface area contributed by atoms with Gasteiger partial charge in [-0.25, -0.2) is 0 Å². The van der Waals surface area contributed by atoms with Crippen LogP contribution in [-0.2, 0) is 22.6 Å². The van der Waals surface area contributed by atoms with E-state index in [0.717, 1.165) is 81.0 Å². The van der Waals surface area contributed by atoms with Crippen molar-refractivity contribution in [1.82, 2.24) is 9.80 Å². The van der Waals surface area contributed by atoms with Crippen molar-refractivity contribution in [3.05, 3.63) is 34.9 Å². The minimum Gasteiger partial charge on any atom is -0.509 e. The van der Waals surface area contributed by atoms with Crippen LogP contribution < -0.4 is 26.8 Å². The summed E-state index contributed by atoms with van der Waals surface area (Å²) < 4.78 is 0. The van der Waals surface area contributed by atoms with Gasteiger partial charge in [0.1, 0.15) is 49.7 Å². The van der Waals surface area contributed by atoms with Crippen LogP contribution in [0.5, 0.6) is 5.75 Å². The van der Waals surface area contributed by atoms with Crippen LogP contribution >= 0.6 is 0 Å². The van der Waals surface area contributed by atoms with Crippen molar-refractivity contribution < 1.29 is 19.5 Å². The summed E-state index contributed by atoms with van der Waals surface area (Å²) in [6.45, 7) is 5.63. The number of aldehydes is 2. The van der Waals surface area contributed by atoms with E-state index in [1.807, 2.05) is 27.8 Å². The maximum Gasteiger partial charge on any atom is 0.255 e. The number of carbonyl (C=O) groups excluding carboxylic acids is 3. The summed E-state index contributed by atoms with van der Waals surface area (Å²) in [5, 5.41) is 10.6. The molecule has 7 nitrogen and oxygen atoms in total. The van der Waals surface area contributed by atoms with E-state index < -0.39 is 6.04 Å². The summed E-state index contributed by atoms with van der Waals surface area (Å²) in [5.74, 6) is 0.337. The molecule has 1 N–H and O–H groups in total. The first-order valence-corrected chi connectivity index (χ1v) is 14.9. The van der Waals surface area contributed by atoms with Crippen LogP contribution in [0.25, 0.3) is 0 Å². The monoisotopic (exact) mass is 539 g/mol. The number of phenols is 1. The molecule has 1 amide bonds. The molecular weight excluding hydrogens is 498 g/mol. The smallest absolute Gasteiger partial charge is 0.255 e. The molecule has 2 aromatic rings. The third kappa shape index (κ3) is 6.35. The number of hydrogen-bond acceptors (Lipinski definition) is 6. The first-order valence-electron chi connectivity index (χ1n) is 14.9. The Kier molecular flexibility index (Phi) is 10.2.